The number of benzene rings is 2. The number of rotatable bonds is 4. The van der Waals surface area contributed by atoms with Crippen molar-refractivity contribution in [3.8, 4) is 0 Å². The third-order valence-corrected chi connectivity index (χ3v) is 4.72. The van der Waals surface area contributed by atoms with E-state index in [1.54, 1.807) is 24.3 Å². The number of ether oxygens (including phenoxy) is 1. The van der Waals surface area contributed by atoms with Crippen LogP contribution in [0.5, 0.6) is 0 Å². The average Bonchev–Trinajstić information content (AvgIpc) is 3.09. The number of hydrogen-bond donors (Lipinski definition) is 2. The minimum Gasteiger partial charge on any atom is -0.451 e. The summed E-state index contributed by atoms with van der Waals surface area (Å²) in [6, 6.07) is 14.0. The number of carbonyl (C=O) groups is 2. The van der Waals surface area contributed by atoms with Crippen molar-refractivity contribution in [2.45, 2.75) is 0 Å². The first-order valence-electron chi connectivity index (χ1n) is 7.92. The maximum Gasteiger partial charge on any atom is 0.359 e. The van der Waals surface area contributed by atoms with E-state index in [1.807, 2.05) is 24.3 Å². The lowest BCUT2D eigenvalue weighted by Gasteiger charge is -2.06. The van der Waals surface area contributed by atoms with Crippen LogP contribution in [0.4, 0.5) is 5.13 Å². The average molecular weight is 380 g/mol. The molecule has 9 heteroatoms. The zero-order valence-electron chi connectivity index (χ0n) is 13.8. The summed E-state index contributed by atoms with van der Waals surface area (Å²) in [4.78, 5) is 40.4. The lowest BCUT2D eigenvalue weighted by Crippen LogP contribution is -2.22. The highest BCUT2D eigenvalue weighted by Gasteiger charge is 2.17. The van der Waals surface area contributed by atoms with E-state index < -0.39 is 24.0 Å². The highest BCUT2D eigenvalue weighted by molar-refractivity contribution is 7.22. The van der Waals surface area contributed by atoms with Crippen LogP contribution in [0.25, 0.3) is 21.0 Å². The Kier molecular flexibility index (Phi) is 4.35. The number of H-pyrrole nitrogens is 1. The summed E-state index contributed by atoms with van der Waals surface area (Å²) in [5.41, 5.74) is 0.312. The van der Waals surface area contributed by atoms with Gasteiger partial charge in [-0.25, -0.2) is 14.9 Å². The molecule has 4 aromatic rings. The summed E-state index contributed by atoms with van der Waals surface area (Å²) in [6.07, 6.45) is 0. The highest BCUT2D eigenvalue weighted by atomic mass is 32.1. The number of hydrogen-bond acceptors (Lipinski definition) is 7. The van der Waals surface area contributed by atoms with Crippen LogP contribution < -0.4 is 10.9 Å². The molecule has 0 aliphatic heterocycles. The molecule has 0 fully saturated rings. The van der Waals surface area contributed by atoms with Crippen molar-refractivity contribution < 1.29 is 14.3 Å². The van der Waals surface area contributed by atoms with Gasteiger partial charge in [0.15, 0.2) is 17.4 Å². The standard InChI is InChI=1S/C18H12N4O4S/c23-14(20-18-19-12-7-3-4-8-13(12)27-18)9-26-17(25)15-10-5-1-2-6-11(10)16(24)22-21-15/h1-8H,9H2,(H,22,24)(H,19,20,23). The molecular formula is C18H12N4O4S. The predicted molar refractivity (Wildman–Crippen MR) is 101 cm³/mol. The molecule has 0 unspecified atom stereocenters. The number of thiazole rings is 1. The second-order valence-electron chi connectivity index (χ2n) is 5.56. The van der Waals surface area contributed by atoms with E-state index >= 15 is 0 Å². The minimum atomic E-state index is -0.804. The van der Waals surface area contributed by atoms with E-state index in [9.17, 15) is 14.4 Å². The Bertz CT molecular complexity index is 1200. The third kappa shape index (κ3) is 3.40. The van der Waals surface area contributed by atoms with Crippen molar-refractivity contribution in [3.63, 3.8) is 0 Å². The van der Waals surface area contributed by atoms with E-state index in [4.69, 9.17) is 4.74 Å². The maximum atomic E-state index is 12.3. The zero-order valence-corrected chi connectivity index (χ0v) is 14.6. The molecular weight excluding hydrogens is 368 g/mol. The van der Waals surface area contributed by atoms with Gasteiger partial charge in [-0.2, -0.15) is 5.10 Å². The normalized spacial score (nSPS) is 10.8. The quantitative estimate of drug-likeness (QED) is 0.525. The van der Waals surface area contributed by atoms with Crippen LogP contribution in [-0.2, 0) is 9.53 Å². The minimum absolute atomic E-state index is 0.0574. The molecule has 2 N–H and O–H groups in total. The molecule has 0 saturated carbocycles. The van der Waals surface area contributed by atoms with Crippen LogP contribution in [0, 0.1) is 0 Å². The monoisotopic (exact) mass is 380 g/mol. The number of para-hydroxylation sites is 1. The Hall–Kier alpha value is -3.59. The first kappa shape index (κ1) is 16.9. The fraction of sp³-hybridized carbons (Fsp3) is 0.0556. The molecule has 2 aromatic carbocycles. The van der Waals surface area contributed by atoms with Crippen molar-refractivity contribution in [3.05, 3.63) is 64.6 Å². The molecule has 0 aliphatic rings. The number of anilines is 1. The molecule has 134 valence electrons. The summed E-state index contributed by atoms with van der Waals surface area (Å²) >= 11 is 1.32. The molecule has 4 rings (SSSR count). The van der Waals surface area contributed by atoms with Gasteiger partial charge in [0.2, 0.25) is 0 Å². The smallest absolute Gasteiger partial charge is 0.359 e. The number of carbonyl (C=O) groups excluding carboxylic acids is 2. The Labute approximate surface area is 155 Å². The molecule has 0 bridgehead atoms. The van der Waals surface area contributed by atoms with Crippen LogP contribution in [0.1, 0.15) is 10.5 Å². The lowest BCUT2D eigenvalue weighted by molar-refractivity contribution is -0.119. The highest BCUT2D eigenvalue weighted by Crippen LogP contribution is 2.25. The molecule has 2 aromatic heterocycles. The number of nitrogens with one attached hydrogen (secondary N) is 2. The van der Waals surface area contributed by atoms with Gasteiger partial charge in [-0.3, -0.25) is 14.9 Å². The van der Waals surface area contributed by atoms with Gasteiger partial charge < -0.3 is 4.74 Å². The van der Waals surface area contributed by atoms with Gasteiger partial charge in [0.05, 0.1) is 15.6 Å². The number of nitrogens with zero attached hydrogens (tertiary/aromatic N) is 2. The number of amides is 1. The van der Waals surface area contributed by atoms with Gasteiger partial charge in [-0.1, -0.05) is 41.7 Å². The molecule has 2 heterocycles. The van der Waals surface area contributed by atoms with E-state index in [2.05, 4.69) is 20.5 Å². The Morgan fingerprint density at radius 1 is 1.07 bits per heavy atom. The first-order valence-corrected chi connectivity index (χ1v) is 8.73. The fourth-order valence-electron chi connectivity index (χ4n) is 2.55. The molecule has 0 radical (unpaired) electrons. The second kappa shape index (κ2) is 6.96. The topological polar surface area (TPSA) is 114 Å². The summed E-state index contributed by atoms with van der Waals surface area (Å²) in [5, 5.41) is 9.69. The van der Waals surface area contributed by atoms with Crippen LogP contribution in [0.3, 0.4) is 0 Å². The Morgan fingerprint density at radius 2 is 1.81 bits per heavy atom. The largest absolute Gasteiger partial charge is 0.451 e. The molecule has 0 atom stereocenters. The van der Waals surface area contributed by atoms with Crippen LogP contribution in [0.2, 0.25) is 0 Å². The van der Waals surface area contributed by atoms with Crippen LogP contribution >= 0.6 is 11.3 Å². The molecule has 0 spiro atoms. The van der Waals surface area contributed by atoms with E-state index in [0.717, 1.165) is 10.2 Å². The number of esters is 1. The zero-order chi connectivity index (χ0) is 18.8. The van der Waals surface area contributed by atoms with Gasteiger partial charge in [0.25, 0.3) is 11.5 Å². The molecule has 0 aliphatic carbocycles. The van der Waals surface area contributed by atoms with Gasteiger partial charge in [0, 0.05) is 5.39 Å². The van der Waals surface area contributed by atoms with Crippen molar-refractivity contribution in [2.24, 2.45) is 0 Å². The Balaban J connectivity index is 1.45. The molecule has 1 amide bonds. The Morgan fingerprint density at radius 3 is 2.63 bits per heavy atom. The van der Waals surface area contributed by atoms with Gasteiger partial charge in [-0.15, -0.1) is 0 Å². The summed E-state index contributed by atoms with van der Waals surface area (Å²) < 4.78 is 5.96. The van der Waals surface area contributed by atoms with Gasteiger partial charge >= 0.3 is 5.97 Å². The van der Waals surface area contributed by atoms with Gasteiger partial charge in [0.1, 0.15) is 0 Å². The lowest BCUT2D eigenvalue weighted by atomic mass is 10.1. The molecule has 8 nitrogen and oxygen atoms in total. The van der Waals surface area contributed by atoms with Crippen molar-refractivity contribution in [1.29, 1.82) is 0 Å². The first-order chi connectivity index (χ1) is 13.1. The number of aromatic nitrogens is 3. The van der Waals surface area contributed by atoms with Crippen LogP contribution in [0.15, 0.2) is 53.3 Å². The SMILES string of the molecule is O=C(COC(=O)c1n[nH]c(=O)c2ccccc12)Nc1nc2ccccc2s1. The van der Waals surface area contributed by atoms with E-state index in [-0.39, 0.29) is 5.69 Å². The molecule has 0 saturated heterocycles. The second-order valence-corrected chi connectivity index (χ2v) is 6.59. The summed E-state index contributed by atoms with van der Waals surface area (Å²) in [6.45, 7) is -0.496. The van der Waals surface area contributed by atoms with Gasteiger partial charge in [-0.05, 0) is 18.2 Å². The summed E-state index contributed by atoms with van der Waals surface area (Å²) in [5.74, 6) is -1.32. The van der Waals surface area contributed by atoms with Crippen LogP contribution in [-0.4, -0.2) is 33.7 Å². The number of fused-ring (bicyclic) bond motifs is 2. The summed E-state index contributed by atoms with van der Waals surface area (Å²) in [7, 11) is 0. The third-order valence-electron chi connectivity index (χ3n) is 3.76. The van der Waals surface area contributed by atoms with Crippen molar-refractivity contribution >= 4 is 49.3 Å². The fourth-order valence-corrected chi connectivity index (χ4v) is 3.43. The van der Waals surface area contributed by atoms with E-state index in [1.165, 1.54) is 11.3 Å². The molecule has 27 heavy (non-hydrogen) atoms. The van der Waals surface area contributed by atoms with Crippen molar-refractivity contribution in [2.75, 3.05) is 11.9 Å². The predicted octanol–water partition coefficient (Wildman–Crippen LogP) is 2.33. The van der Waals surface area contributed by atoms with E-state index in [0.29, 0.717) is 15.9 Å². The van der Waals surface area contributed by atoms with Crippen molar-refractivity contribution in [1.82, 2.24) is 15.2 Å². The maximum absolute atomic E-state index is 12.3. The number of aromatic amines is 1.